The maximum absolute atomic E-state index is 13.2. The van der Waals surface area contributed by atoms with E-state index in [4.69, 9.17) is 0 Å². The van der Waals surface area contributed by atoms with Gasteiger partial charge in [-0.3, -0.25) is 4.79 Å². The molecule has 0 aliphatic heterocycles. The van der Waals surface area contributed by atoms with Crippen molar-refractivity contribution < 1.29 is 9.18 Å². The molecule has 0 saturated heterocycles. The third kappa shape index (κ3) is 5.04. The van der Waals surface area contributed by atoms with Gasteiger partial charge in [0.15, 0.2) is 0 Å². The van der Waals surface area contributed by atoms with Crippen molar-refractivity contribution in [1.29, 1.82) is 0 Å². The van der Waals surface area contributed by atoms with Crippen molar-refractivity contribution in [2.24, 2.45) is 0 Å². The molecule has 1 aromatic heterocycles. The first kappa shape index (κ1) is 18.4. The van der Waals surface area contributed by atoms with E-state index < -0.39 is 0 Å². The van der Waals surface area contributed by atoms with Gasteiger partial charge in [0.2, 0.25) is 5.91 Å². The molecule has 0 saturated carbocycles. The Morgan fingerprint density at radius 3 is 2.67 bits per heavy atom. The lowest BCUT2D eigenvalue weighted by molar-refractivity contribution is -0.111. The average molecular weight is 364 g/mol. The van der Waals surface area contributed by atoms with E-state index in [-0.39, 0.29) is 11.7 Å². The van der Waals surface area contributed by atoms with Gasteiger partial charge in [0.25, 0.3) is 0 Å². The van der Waals surface area contributed by atoms with Gasteiger partial charge in [-0.05, 0) is 41.5 Å². The second-order valence-corrected chi connectivity index (χ2v) is 6.31. The van der Waals surface area contributed by atoms with Gasteiger partial charge in [-0.25, -0.2) is 9.07 Å². The van der Waals surface area contributed by atoms with Crippen molar-refractivity contribution in [3.63, 3.8) is 0 Å². The van der Waals surface area contributed by atoms with Crippen LogP contribution in [0.15, 0.2) is 66.9 Å². The van der Waals surface area contributed by atoms with E-state index in [1.807, 2.05) is 43.3 Å². The molecule has 0 radical (unpaired) electrons. The van der Waals surface area contributed by atoms with Crippen molar-refractivity contribution in [2.75, 3.05) is 24.3 Å². The Balaban J connectivity index is 1.65. The number of rotatable bonds is 6. The van der Waals surface area contributed by atoms with Crippen LogP contribution >= 0.6 is 0 Å². The predicted molar refractivity (Wildman–Crippen MR) is 106 cm³/mol. The number of anilines is 2. The fourth-order valence-electron chi connectivity index (χ4n) is 2.59. The molecule has 0 spiro atoms. The van der Waals surface area contributed by atoms with Crippen molar-refractivity contribution in [3.8, 4) is 0 Å². The van der Waals surface area contributed by atoms with E-state index in [1.54, 1.807) is 35.2 Å². The van der Waals surface area contributed by atoms with Crippen LogP contribution in [0.2, 0.25) is 0 Å². The van der Waals surface area contributed by atoms with Crippen LogP contribution in [0.4, 0.5) is 15.9 Å². The molecule has 2 aromatic carbocycles. The van der Waals surface area contributed by atoms with Crippen molar-refractivity contribution in [2.45, 2.75) is 6.54 Å². The number of hydrogen-bond acceptors (Lipinski definition) is 3. The molecule has 1 heterocycles. The molecule has 138 valence electrons. The van der Waals surface area contributed by atoms with Gasteiger partial charge < -0.3 is 10.2 Å². The van der Waals surface area contributed by atoms with Crippen LogP contribution in [0.5, 0.6) is 0 Å². The molecular formula is C21H21FN4O. The second-order valence-electron chi connectivity index (χ2n) is 6.31. The van der Waals surface area contributed by atoms with E-state index in [0.29, 0.717) is 17.9 Å². The minimum atomic E-state index is -0.337. The Labute approximate surface area is 157 Å². The SMILES string of the molecule is CN(C)c1ccc(Cn2nccc2NC(=O)/C=C/c2cccc(F)c2)cc1. The summed E-state index contributed by atoms with van der Waals surface area (Å²) in [4.78, 5) is 14.2. The number of halogens is 1. The van der Waals surface area contributed by atoms with Crippen molar-refractivity contribution >= 4 is 23.5 Å². The van der Waals surface area contributed by atoms with E-state index in [0.717, 1.165) is 11.3 Å². The van der Waals surface area contributed by atoms with Gasteiger partial charge in [-0.1, -0.05) is 24.3 Å². The minimum Gasteiger partial charge on any atom is -0.378 e. The Morgan fingerprint density at radius 2 is 1.96 bits per heavy atom. The van der Waals surface area contributed by atoms with Crippen molar-refractivity contribution in [1.82, 2.24) is 9.78 Å². The number of amides is 1. The van der Waals surface area contributed by atoms with Crippen LogP contribution in [0.25, 0.3) is 6.08 Å². The lowest BCUT2D eigenvalue weighted by atomic mass is 10.2. The quantitative estimate of drug-likeness (QED) is 0.677. The fraction of sp³-hybridized carbons (Fsp3) is 0.143. The van der Waals surface area contributed by atoms with Gasteiger partial charge in [0, 0.05) is 31.9 Å². The van der Waals surface area contributed by atoms with E-state index in [1.165, 1.54) is 18.2 Å². The van der Waals surface area contributed by atoms with Crippen LogP contribution in [0.3, 0.4) is 0 Å². The van der Waals surface area contributed by atoms with Crippen LogP contribution in [-0.2, 0) is 11.3 Å². The standard InChI is InChI=1S/C21H21FN4O/c1-25(2)19-9-6-17(7-10-19)15-26-20(12-13-23-26)24-21(27)11-8-16-4-3-5-18(22)14-16/h3-14H,15H2,1-2H3,(H,24,27)/b11-8+. The highest BCUT2D eigenvalue weighted by molar-refractivity contribution is 6.01. The molecule has 0 unspecified atom stereocenters. The van der Waals surface area contributed by atoms with Crippen LogP contribution in [-0.4, -0.2) is 29.8 Å². The first-order valence-electron chi connectivity index (χ1n) is 8.54. The zero-order valence-corrected chi connectivity index (χ0v) is 15.3. The zero-order chi connectivity index (χ0) is 19.2. The van der Waals surface area contributed by atoms with E-state index in [2.05, 4.69) is 10.4 Å². The van der Waals surface area contributed by atoms with Gasteiger partial charge in [0.05, 0.1) is 12.7 Å². The van der Waals surface area contributed by atoms with E-state index >= 15 is 0 Å². The summed E-state index contributed by atoms with van der Waals surface area (Å²) in [5.41, 5.74) is 2.82. The average Bonchev–Trinajstić information content (AvgIpc) is 3.07. The number of hydrogen-bond donors (Lipinski definition) is 1. The second kappa shape index (κ2) is 8.31. The number of benzene rings is 2. The molecule has 0 aliphatic carbocycles. The number of carbonyl (C=O) groups excluding carboxylic acids is 1. The first-order valence-corrected chi connectivity index (χ1v) is 8.54. The van der Waals surface area contributed by atoms with Crippen LogP contribution < -0.4 is 10.2 Å². The number of carbonyl (C=O) groups is 1. The van der Waals surface area contributed by atoms with Gasteiger partial charge in [0.1, 0.15) is 11.6 Å². The summed E-state index contributed by atoms with van der Waals surface area (Å²) in [6, 6.07) is 15.9. The molecule has 5 nitrogen and oxygen atoms in total. The Bertz CT molecular complexity index is 945. The Hall–Kier alpha value is -3.41. The Kier molecular flexibility index (Phi) is 5.66. The summed E-state index contributed by atoms with van der Waals surface area (Å²) >= 11 is 0. The molecule has 0 atom stereocenters. The predicted octanol–water partition coefficient (Wildman–Crippen LogP) is 3.79. The smallest absolute Gasteiger partial charge is 0.249 e. The lowest BCUT2D eigenvalue weighted by Crippen LogP contribution is -2.14. The summed E-state index contributed by atoms with van der Waals surface area (Å²) in [5.74, 6) is -0.0412. The lowest BCUT2D eigenvalue weighted by Gasteiger charge is -2.13. The molecule has 1 amide bonds. The minimum absolute atomic E-state index is 0.302. The van der Waals surface area contributed by atoms with Gasteiger partial charge in [-0.2, -0.15) is 5.10 Å². The maximum atomic E-state index is 13.2. The molecule has 3 rings (SSSR count). The third-order valence-electron chi connectivity index (χ3n) is 4.03. The van der Waals surface area contributed by atoms with Gasteiger partial charge in [-0.15, -0.1) is 0 Å². The highest BCUT2D eigenvalue weighted by Gasteiger charge is 2.06. The Morgan fingerprint density at radius 1 is 1.19 bits per heavy atom. The highest BCUT2D eigenvalue weighted by atomic mass is 19.1. The normalized spacial score (nSPS) is 10.9. The summed E-state index contributed by atoms with van der Waals surface area (Å²) in [7, 11) is 3.99. The monoisotopic (exact) mass is 364 g/mol. The molecule has 3 aromatic rings. The molecule has 1 N–H and O–H groups in total. The van der Waals surface area contributed by atoms with Crippen LogP contribution in [0.1, 0.15) is 11.1 Å². The molecule has 0 bridgehead atoms. The number of nitrogens with zero attached hydrogens (tertiary/aromatic N) is 3. The largest absolute Gasteiger partial charge is 0.378 e. The summed E-state index contributed by atoms with van der Waals surface area (Å²) in [5, 5.41) is 7.07. The first-order chi connectivity index (χ1) is 13.0. The molecule has 0 fully saturated rings. The third-order valence-corrected chi connectivity index (χ3v) is 4.03. The molecule has 6 heteroatoms. The van der Waals surface area contributed by atoms with Crippen LogP contribution in [0, 0.1) is 5.82 Å². The summed E-state index contributed by atoms with van der Waals surface area (Å²) in [6.07, 6.45) is 4.58. The maximum Gasteiger partial charge on any atom is 0.249 e. The van der Waals surface area contributed by atoms with Crippen molar-refractivity contribution in [3.05, 3.63) is 83.8 Å². The summed E-state index contributed by atoms with van der Waals surface area (Å²) in [6.45, 7) is 0.546. The number of aromatic nitrogens is 2. The molecule has 27 heavy (non-hydrogen) atoms. The molecular weight excluding hydrogens is 343 g/mol. The summed E-state index contributed by atoms with van der Waals surface area (Å²) < 4.78 is 14.9. The molecule has 0 aliphatic rings. The topological polar surface area (TPSA) is 50.2 Å². The van der Waals surface area contributed by atoms with E-state index in [9.17, 15) is 9.18 Å². The fourth-order valence-corrected chi connectivity index (χ4v) is 2.59. The van der Waals surface area contributed by atoms with Gasteiger partial charge >= 0.3 is 0 Å². The number of nitrogens with one attached hydrogen (secondary N) is 1. The highest BCUT2D eigenvalue weighted by Crippen LogP contribution is 2.15. The zero-order valence-electron chi connectivity index (χ0n) is 15.3.